The van der Waals surface area contributed by atoms with Crippen LogP contribution in [0.15, 0.2) is 60.9 Å². The molecule has 0 bridgehead atoms. The first-order valence-corrected chi connectivity index (χ1v) is 8.75. The van der Waals surface area contributed by atoms with Gasteiger partial charge in [0.15, 0.2) is 0 Å². The van der Waals surface area contributed by atoms with E-state index in [9.17, 15) is 4.79 Å². The molecule has 0 aliphatic carbocycles. The first-order chi connectivity index (χ1) is 12.6. The monoisotopic (exact) mass is 386 g/mol. The number of rotatable bonds is 5. The molecule has 26 heavy (non-hydrogen) atoms. The Morgan fingerprint density at radius 3 is 2.35 bits per heavy atom. The Morgan fingerprint density at radius 1 is 1.04 bits per heavy atom. The van der Waals surface area contributed by atoms with Gasteiger partial charge in [-0.05, 0) is 37.3 Å². The normalized spacial score (nSPS) is 10.4. The minimum absolute atomic E-state index is 0.322. The van der Waals surface area contributed by atoms with E-state index in [1.54, 1.807) is 18.2 Å². The number of halogens is 2. The molecule has 2 aromatic carbocycles. The van der Waals surface area contributed by atoms with Gasteiger partial charge in [0.1, 0.15) is 0 Å². The number of carbonyl (C=O) groups is 1. The topological polar surface area (TPSA) is 58.1 Å². The number of hydrogen-bond donors (Lipinski definition) is 1. The predicted molar refractivity (Wildman–Crippen MR) is 106 cm³/mol. The highest BCUT2D eigenvalue weighted by molar-refractivity contribution is 6.42. The van der Waals surface area contributed by atoms with Gasteiger partial charge in [0.05, 0.1) is 15.6 Å². The second-order valence-electron chi connectivity index (χ2n) is 5.43. The van der Waals surface area contributed by atoms with Crippen LogP contribution >= 0.6 is 23.2 Å². The summed E-state index contributed by atoms with van der Waals surface area (Å²) in [5.74, 6) is 0.211. The van der Waals surface area contributed by atoms with Gasteiger partial charge in [-0.15, -0.1) is 0 Å². The molecule has 0 atom stereocenters. The fraction of sp³-hybridized carbons (Fsp3) is 0.105. The van der Waals surface area contributed by atoms with Crippen molar-refractivity contribution in [2.45, 2.75) is 6.92 Å². The van der Waals surface area contributed by atoms with Crippen molar-refractivity contribution in [2.75, 3.05) is 16.8 Å². The Morgan fingerprint density at radius 2 is 1.73 bits per heavy atom. The van der Waals surface area contributed by atoms with Crippen LogP contribution in [-0.2, 0) is 0 Å². The van der Waals surface area contributed by atoms with Gasteiger partial charge in [-0.3, -0.25) is 4.79 Å². The highest BCUT2D eigenvalue weighted by Gasteiger charge is 2.13. The van der Waals surface area contributed by atoms with Crippen LogP contribution in [0.3, 0.4) is 0 Å². The zero-order chi connectivity index (χ0) is 18.5. The molecule has 0 saturated heterocycles. The van der Waals surface area contributed by atoms with Gasteiger partial charge >= 0.3 is 0 Å². The van der Waals surface area contributed by atoms with E-state index in [4.69, 9.17) is 23.2 Å². The maximum Gasteiger partial charge on any atom is 0.258 e. The van der Waals surface area contributed by atoms with Crippen molar-refractivity contribution in [3.8, 4) is 0 Å². The summed E-state index contributed by atoms with van der Waals surface area (Å²) in [6, 6.07) is 14.7. The Balaban J connectivity index is 1.76. The largest absolute Gasteiger partial charge is 0.322 e. The number of para-hydroxylation sites is 1. The molecule has 0 radical (unpaired) electrons. The van der Waals surface area contributed by atoms with Gasteiger partial charge in [-0.2, -0.15) is 0 Å². The van der Waals surface area contributed by atoms with Gasteiger partial charge < -0.3 is 10.2 Å². The Labute approximate surface area is 161 Å². The number of amides is 1. The number of hydrogen-bond acceptors (Lipinski definition) is 4. The van der Waals surface area contributed by atoms with Gasteiger partial charge in [0.25, 0.3) is 5.91 Å². The summed E-state index contributed by atoms with van der Waals surface area (Å²) in [5.41, 5.74) is 1.89. The number of carbonyl (C=O) groups excluding carboxylic acids is 1. The number of benzene rings is 2. The van der Waals surface area contributed by atoms with Crippen LogP contribution in [0.5, 0.6) is 0 Å². The molecule has 1 amide bonds. The Bertz CT molecular complexity index is 901. The van der Waals surface area contributed by atoms with Crippen LogP contribution in [0.25, 0.3) is 0 Å². The fourth-order valence-electron chi connectivity index (χ4n) is 2.40. The lowest BCUT2D eigenvalue weighted by molar-refractivity contribution is 0.102. The first kappa shape index (κ1) is 18.2. The highest BCUT2D eigenvalue weighted by Crippen LogP contribution is 2.25. The molecular weight excluding hydrogens is 371 g/mol. The molecule has 5 nitrogen and oxygen atoms in total. The summed E-state index contributed by atoms with van der Waals surface area (Å²) in [6.07, 6.45) is 3.00. The maximum atomic E-state index is 12.4. The SMILES string of the molecule is CCN(c1ccccc1)c1ncc(C(=O)Nc2ccc(Cl)c(Cl)c2)cn1. The lowest BCUT2D eigenvalue weighted by Crippen LogP contribution is -2.20. The summed E-state index contributed by atoms with van der Waals surface area (Å²) in [4.78, 5) is 23.0. The van der Waals surface area contributed by atoms with Crippen molar-refractivity contribution in [1.29, 1.82) is 0 Å². The van der Waals surface area contributed by atoms with Gasteiger partial charge in [0, 0.05) is 30.3 Å². The van der Waals surface area contributed by atoms with Gasteiger partial charge in [-0.25, -0.2) is 9.97 Å². The van der Waals surface area contributed by atoms with Gasteiger partial charge in [0.2, 0.25) is 5.95 Å². The van der Waals surface area contributed by atoms with E-state index < -0.39 is 0 Å². The molecule has 1 aromatic heterocycles. The summed E-state index contributed by atoms with van der Waals surface area (Å²) < 4.78 is 0. The molecule has 3 rings (SSSR count). The zero-order valence-corrected chi connectivity index (χ0v) is 15.5. The van der Waals surface area contributed by atoms with Crippen molar-refractivity contribution in [3.63, 3.8) is 0 Å². The lowest BCUT2D eigenvalue weighted by Gasteiger charge is -2.20. The minimum atomic E-state index is -0.322. The molecule has 0 fully saturated rings. The van der Waals surface area contributed by atoms with E-state index in [1.807, 2.05) is 42.2 Å². The lowest BCUT2D eigenvalue weighted by atomic mass is 10.2. The Kier molecular flexibility index (Phi) is 5.71. The maximum absolute atomic E-state index is 12.4. The second kappa shape index (κ2) is 8.17. The molecule has 1 N–H and O–H groups in total. The quantitative estimate of drug-likeness (QED) is 0.654. The molecule has 0 spiro atoms. The van der Waals surface area contributed by atoms with E-state index in [1.165, 1.54) is 12.4 Å². The number of aromatic nitrogens is 2. The van der Waals surface area contributed by atoms with Crippen LogP contribution in [-0.4, -0.2) is 22.4 Å². The standard InChI is InChI=1S/C19H16Cl2N4O/c1-2-25(15-6-4-3-5-7-15)19-22-11-13(12-23-19)18(26)24-14-8-9-16(20)17(21)10-14/h3-12H,2H2,1H3,(H,24,26). The number of nitrogens with one attached hydrogen (secondary N) is 1. The van der Waals surface area contributed by atoms with Crippen molar-refractivity contribution in [1.82, 2.24) is 9.97 Å². The van der Waals surface area contributed by atoms with Gasteiger partial charge in [-0.1, -0.05) is 41.4 Å². The van der Waals surface area contributed by atoms with Crippen LogP contribution < -0.4 is 10.2 Å². The zero-order valence-electron chi connectivity index (χ0n) is 14.0. The molecule has 0 aliphatic rings. The molecule has 3 aromatic rings. The van der Waals surface area contributed by atoms with E-state index in [0.29, 0.717) is 33.8 Å². The molecule has 7 heteroatoms. The molecule has 132 valence electrons. The summed E-state index contributed by atoms with van der Waals surface area (Å²) in [6.45, 7) is 2.72. The number of nitrogens with zero attached hydrogens (tertiary/aromatic N) is 3. The summed E-state index contributed by atoms with van der Waals surface area (Å²) >= 11 is 11.8. The average molecular weight is 387 g/mol. The summed E-state index contributed by atoms with van der Waals surface area (Å²) in [5, 5.41) is 3.55. The third kappa shape index (κ3) is 4.12. The predicted octanol–water partition coefficient (Wildman–Crippen LogP) is 5.19. The van der Waals surface area contributed by atoms with E-state index in [0.717, 1.165) is 5.69 Å². The second-order valence-corrected chi connectivity index (χ2v) is 6.25. The first-order valence-electron chi connectivity index (χ1n) is 7.99. The molecule has 0 saturated carbocycles. The third-order valence-electron chi connectivity index (χ3n) is 3.70. The van der Waals surface area contributed by atoms with Crippen LogP contribution in [0, 0.1) is 0 Å². The van der Waals surface area contributed by atoms with Crippen molar-refractivity contribution in [3.05, 3.63) is 76.5 Å². The van der Waals surface area contributed by atoms with E-state index in [-0.39, 0.29) is 5.91 Å². The van der Waals surface area contributed by atoms with Crippen molar-refractivity contribution in [2.24, 2.45) is 0 Å². The van der Waals surface area contributed by atoms with Crippen LogP contribution in [0.4, 0.5) is 17.3 Å². The molecular formula is C19H16Cl2N4O. The van der Waals surface area contributed by atoms with Crippen molar-refractivity contribution < 1.29 is 4.79 Å². The molecule has 1 heterocycles. The Hall–Kier alpha value is -2.63. The highest BCUT2D eigenvalue weighted by atomic mass is 35.5. The fourth-order valence-corrected chi connectivity index (χ4v) is 2.70. The number of anilines is 3. The minimum Gasteiger partial charge on any atom is -0.322 e. The van der Waals surface area contributed by atoms with Crippen LogP contribution in [0.2, 0.25) is 10.0 Å². The van der Waals surface area contributed by atoms with Crippen LogP contribution in [0.1, 0.15) is 17.3 Å². The smallest absolute Gasteiger partial charge is 0.258 e. The van der Waals surface area contributed by atoms with E-state index >= 15 is 0 Å². The van der Waals surface area contributed by atoms with E-state index in [2.05, 4.69) is 15.3 Å². The molecule has 0 unspecified atom stereocenters. The summed E-state index contributed by atoms with van der Waals surface area (Å²) in [7, 11) is 0. The molecule has 0 aliphatic heterocycles. The van der Waals surface area contributed by atoms with Crippen molar-refractivity contribution >= 4 is 46.4 Å². The third-order valence-corrected chi connectivity index (χ3v) is 4.44. The average Bonchev–Trinajstić information content (AvgIpc) is 2.67.